The molecule has 0 bridgehead atoms. The van der Waals surface area contributed by atoms with Gasteiger partial charge in [0.2, 0.25) is 5.13 Å². The molecule has 0 amide bonds. The molecular weight excluding hydrogens is 210 g/mol. The summed E-state index contributed by atoms with van der Waals surface area (Å²) in [5.74, 6) is 0.863. The zero-order valence-electron chi connectivity index (χ0n) is 8.98. The summed E-state index contributed by atoms with van der Waals surface area (Å²) >= 11 is 1.41. The van der Waals surface area contributed by atoms with Crippen molar-refractivity contribution in [2.75, 3.05) is 5.73 Å². The highest BCUT2D eigenvalue weighted by molar-refractivity contribution is 7.15. The van der Waals surface area contributed by atoms with Gasteiger partial charge in [0.25, 0.3) is 0 Å². The number of nitrogens with two attached hydrogens (primary N) is 1. The van der Waals surface area contributed by atoms with E-state index in [9.17, 15) is 0 Å². The van der Waals surface area contributed by atoms with Crippen LogP contribution in [-0.2, 0) is 11.3 Å². The zero-order valence-corrected chi connectivity index (χ0v) is 9.80. The van der Waals surface area contributed by atoms with Crippen LogP contribution < -0.4 is 5.73 Å². The summed E-state index contributed by atoms with van der Waals surface area (Å²) in [4.78, 5) is 0. The monoisotopic (exact) mass is 227 g/mol. The fraction of sp³-hybridized carbons (Fsp3) is 0.800. The van der Waals surface area contributed by atoms with Gasteiger partial charge < -0.3 is 10.5 Å². The summed E-state index contributed by atoms with van der Waals surface area (Å²) in [5.41, 5.74) is 5.49. The number of aromatic nitrogens is 2. The molecule has 0 aliphatic heterocycles. The predicted molar refractivity (Wildman–Crippen MR) is 60.5 cm³/mol. The van der Waals surface area contributed by atoms with Gasteiger partial charge in [-0.3, -0.25) is 0 Å². The van der Waals surface area contributed by atoms with Crippen molar-refractivity contribution in [1.29, 1.82) is 0 Å². The molecule has 5 heteroatoms. The van der Waals surface area contributed by atoms with E-state index in [-0.39, 0.29) is 0 Å². The zero-order chi connectivity index (χ0) is 10.7. The molecule has 1 saturated carbocycles. The molecule has 1 aliphatic rings. The van der Waals surface area contributed by atoms with Gasteiger partial charge in [-0.2, -0.15) is 0 Å². The Labute approximate surface area is 93.8 Å². The molecule has 0 unspecified atom stereocenters. The minimum Gasteiger partial charge on any atom is -0.374 e. The Balaban J connectivity index is 1.74. The topological polar surface area (TPSA) is 61.0 Å². The van der Waals surface area contributed by atoms with Crippen LogP contribution in [0.15, 0.2) is 0 Å². The van der Waals surface area contributed by atoms with Gasteiger partial charge >= 0.3 is 0 Å². The fourth-order valence-electron chi connectivity index (χ4n) is 1.91. The second kappa shape index (κ2) is 4.90. The molecule has 1 aromatic rings. The molecule has 2 N–H and O–H groups in total. The lowest BCUT2D eigenvalue weighted by atomic mass is 9.89. The Hall–Kier alpha value is -0.680. The molecule has 1 fully saturated rings. The number of hydrogen-bond acceptors (Lipinski definition) is 5. The van der Waals surface area contributed by atoms with Crippen molar-refractivity contribution in [3.05, 3.63) is 5.01 Å². The first kappa shape index (κ1) is 10.8. The molecule has 1 aliphatic carbocycles. The second-order valence-corrected chi connectivity index (χ2v) is 5.32. The number of nitrogen functional groups attached to an aromatic ring is 1. The van der Waals surface area contributed by atoms with E-state index in [1.807, 2.05) is 0 Å². The molecule has 0 aromatic carbocycles. The molecule has 15 heavy (non-hydrogen) atoms. The van der Waals surface area contributed by atoms with Crippen molar-refractivity contribution in [1.82, 2.24) is 10.2 Å². The lowest BCUT2D eigenvalue weighted by molar-refractivity contribution is 0.00849. The Morgan fingerprint density at radius 2 is 2.07 bits per heavy atom. The van der Waals surface area contributed by atoms with Gasteiger partial charge in [-0.05, 0) is 31.6 Å². The third kappa shape index (κ3) is 3.14. The van der Waals surface area contributed by atoms with Crippen molar-refractivity contribution in [2.24, 2.45) is 5.92 Å². The molecule has 0 saturated heterocycles. The van der Waals surface area contributed by atoms with E-state index in [1.165, 1.54) is 37.0 Å². The van der Waals surface area contributed by atoms with Crippen LogP contribution in [0.25, 0.3) is 0 Å². The third-order valence-corrected chi connectivity index (χ3v) is 3.61. The molecule has 1 heterocycles. The third-order valence-electron chi connectivity index (χ3n) is 2.89. The lowest BCUT2D eigenvalue weighted by Gasteiger charge is -2.25. The first-order valence-electron chi connectivity index (χ1n) is 5.43. The van der Waals surface area contributed by atoms with E-state index < -0.39 is 0 Å². The normalized spacial score (nSPS) is 26.7. The van der Waals surface area contributed by atoms with E-state index in [0.717, 1.165) is 10.9 Å². The van der Waals surface area contributed by atoms with Crippen molar-refractivity contribution in [3.8, 4) is 0 Å². The number of ether oxygens (including phenoxy) is 1. The fourth-order valence-corrected chi connectivity index (χ4v) is 2.44. The first-order chi connectivity index (χ1) is 7.24. The van der Waals surface area contributed by atoms with Crippen LogP contribution in [-0.4, -0.2) is 16.3 Å². The number of hydrogen-bond donors (Lipinski definition) is 1. The number of anilines is 1. The van der Waals surface area contributed by atoms with Crippen LogP contribution in [0.4, 0.5) is 5.13 Å². The maximum absolute atomic E-state index is 5.78. The Morgan fingerprint density at radius 3 is 2.67 bits per heavy atom. The molecule has 4 nitrogen and oxygen atoms in total. The van der Waals surface area contributed by atoms with Crippen LogP contribution in [0, 0.1) is 5.92 Å². The summed E-state index contributed by atoms with van der Waals surface area (Å²) in [6.07, 6.45) is 5.32. The van der Waals surface area contributed by atoms with Crippen molar-refractivity contribution >= 4 is 16.5 Å². The van der Waals surface area contributed by atoms with E-state index in [0.29, 0.717) is 17.8 Å². The summed E-state index contributed by atoms with van der Waals surface area (Å²) in [7, 11) is 0. The highest BCUT2D eigenvalue weighted by Gasteiger charge is 2.18. The summed E-state index contributed by atoms with van der Waals surface area (Å²) in [5, 5.41) is 9.09. The van der Waals surface area contributed by atoms with Crippen LogP contribution in [0.2, 0.25) is 0 Å². The molecule has 84 valence electrons. The van der Waals surface area contributed by atoms with Gasteiger partial charge in [0, 0.05) is 0 Å². The highest BCUT2D eigenvalue weighted by atomic mass is 32.1. The van der Waals surface area contributed by atoms with Crippen molar-refractivity contribution < 1.29 is 4.74 Å². The molecule has 0 radical (unpaired) electrons. The van der Waals surface area contributed by atoms with Gasteiger partial charge in [-0.1, -0.05) is 18.3 Å². The molecule has 0 spiro atoms. The average Bonchev–Trinajstić information content (AvgIpc) is 2.64. The lowest BCUT2D eigenvalue weighted by Crippen LogP contribution is -2.20. The van der Waals surface area contributed by atoms with Gasteiger partial charge in [-0.25, -0.2) is 0 Å². The molecular formula is C10H17N3OS. The van der Waals surface area contributed by atoms with Gasteiger partial charge in [-0.15, -0.1) is 10.2 Å². The molecule has 1 aromatic heterocycles. The minimum absolute atomic E-state index is 0.409. The van der Waals surface area contributed by atoms with E-state index in [4.69, 9.17) is 10.5 Å². The highest BCUT2D eigenvalue weighted by Crippen LogP contribution is 2.26. The first-order valence-corrected chi connectivity index (χ1v) is 6.25. The van der Waals surface area contributed by atoms with Crippen LogP contribution >= 0.6 is 11.3 Å². The summed E-state index contributed by atoms with van der Waals surface area (Å²) in [6.45, 7) is 2.87. The van der Waals surface area contributed by atoms with E-state index in [1.54, 1.807) is 0 Å². The average molecular weight is 227 g/mol. The maximum Gasteiger partial charge on any atom is 0.203 e. The Bertz CT molecular complexity index is 307. The predicted octanol–water partition coefficient (Wildman–Crippen LogP) is 2.22. The number of nitrogens with zero attached hydrogens (tertiary/aromatic N) is 2. The van der Waals surface area contributed by atoms with Crippen LogP contribution in [0.1, 0.15) is 37.6 Å². The van der Waals surface area contributed by atoms with E-state index >= 15 is 0 Å². The maximum atomic E-state index is 5.78. The van der Waals surface area contributed by atoms with Gasteiger partial charge in [0.05, 0.1) is 6.10 Å². The summed E-state index contributed by atoms with van der Waals surface area (Å²) < 4.78 is 5.78. The number of rotatable bonds is 3. The second-order valence-electron chi connectivity index (χ2n) is 4.23. The van der Waals surface area contributed by atoms with Crippen LogP contribution in [0.3, 0.4) is 0 Å². The molecule has 0 atom stereocenters. The Kier molecular flexibility index (Phi) is 3.53. The minimum atomic E-state index is 0.409. The standard InChI is InChI=1S/C10H17N3OS/c1-7-2-4-8(5-3-7)14-6-9-12-13-10(11)15-9/h7-8H,2-6H2,1H3,(H2,11,13). The van der Waals surface area contributed by atoms with Gasteiger partial charge in [0.15, 0.2) is 0 Å². The van der Waals surface area contributed by atoms with Crippen molar-refractivity contribution in [3.63, 3.8) is 0 Å². The summed E-state index contributed by atoms with van der Waals surface area (Å²) in [6, 6.07) is 0. The Morgan fingerprint density at radius 1 is 1.33 bits per heavy atom. The quantitative estimate of drug-likeness (QED) is 0.860. The smallest absolute Gasteiger partial charge is 0.203 e. The largest absolute Gasteiger partial charge is 0.374 e. The van der Waals surface area contributed by atoms with E-state index in [2.05, 4.69) is 17.1 Å². The van der Waals surface area contributed by atoms with Crippen molar-refractivity contribution in [2.45, 2.75) is 45.3 Å². The van der Waals surface area contributed by atoms with Gasteiger partial charge in [0.1, 0.15) is 11.6 Å². The van der Waals surface area contributed by atoms with Crippen LogP contribution in [0.5, 0.6) is 0 Å². The molecule has 2 rings (SSSR count). The SMILES string of the molecule is CC1CCC(OCc2nnc(N)s2)CC1.